The van der Waals surface area contributed by atoms with Crippen molar-refractivity contribution in [3.8, 4) is 40.1 Å². The van der Waals surface area contributed by atoms with Crippen LogP contribution in [0.1, 0.15) is 0 Å². The predicted molar refractivity (Wildman–Crippen MR) is 114 cm³/mol. The smallest absolute Gasteiger partial charge is 0.335 e. The second-order valence-electron chi connectivity index (χ2n) is 7.66. The molecule has 1 saturated heterocycles. The second kappa shape index (κ2) is 8.96. The number of carbonyl (C=O) groups is 1. The van der Waals surface area contributed by atoms with Crippen LogP contribution in [0.3, 0.4) is 0 Å². The van der Waals surface area contributed by atoms with Gasteiger partial charge in [0.05, 0.1) is 7.11 Å². The Morgan fingerprint density at radius 2 is 1.69 bits per heavy atom. The van der Waals surface area contributed by atoms with E-state index in [0.717, 1.165) is 25.3 Å². The number of aliphatic hydroxyl groups is 3. The lowest BCUT2D eigenvalue weighted by Gasteiger charge is -2.38. The first kappa shape index (κ1) is 24.1. The molecule has 1 aliphatic rings. The molecular formula is C22H20O13. The topological polar surface area (TPSA) is 217 Å². The number of aliphatic carboxylic acids is 1. The van der Waals surface area contributed by atoms with Gasteiger partial charge in [-0.15, -0.1) is 0 Å². The first-order valence-electron chi connectivity index (χ1n) is 10.0. The van der Waals surface area contributed by atoms with E-state index in [2.05, 4.69) is 0 Å². The normalized spacial score (nSPS) is 24.3. The zero-order chi connectivity index (χ0) is 25.6. The maximum atomic E-state index is 12.7. The predicted octanol–water partition coefficient (Wildman–Crippen LogP) is -0.144. The van der Waals surface area contributed by atoms with Crippen molar-refractivity contribution in [2.24, 2.45) is 0 Å². The Bertz CT molecular complexity index is 1350. The highest BCUT2D eigenvalue weighted by Crippen LogP contribution is 2.43. The molecule has 35 heavy (non-hydrogen) atoms. The number of carboxylic acid groups (broad SMARTS) is 1. The van der Waals surface area contributed by atoms with Crippen molar-refractivity contribution in [2.45, 2.75) is 30.7 Å². The third-order valence-corrected chi connectivity index (χ3v) is 5.43. The van der Waals surface area contributed by atoms with Crippen molar-refractivity contribution in [3.05, 3.63) is 40.6 Å². The number of methoxy groups -OCH3 is 1. The summed E-state index contributed by atoms with van der Waals surface area (Å²) in [5, 5.41) is 68.9. The Morgan fingerprint density at radius 1 is 0.971 bits per heavy atom. The van der Waals surface area contributed by atoms with Crippen LogP contribution in [0.15, 0.2) is 39.5 Å². The minimum atomic E-state index is -1.95. The minimum absolute atomic E-state index is 0.0493. The van der Waals surface area contributed by atoms with E-state index in [1.807, 2.05) is 0 Å². The fourth-order valence-electron chi connectivity index (χ4n) is 3.64. The summed E-state index contributed by atoms with van der Waals surface area (Å²) < 4.78 is 21.3. The number of aromatic hydroxyl groups is 3. The SMILES string of the molecule is COc1c(O[C@@H]2OC(C(=O)O)[C@@H](O)[C@H](O)C2O)cc2oc(-c3ccc(O)c(O)c3)cc(=O)c2c1O. The third-order valence-electron chi connectivity index (χ3n) is 5.43. The highest BCUT2D eigenvalue weighted by atomic mass is 16.7. The Hall–Kier alpha value is -4.04. The highest BCUT2D eigenvalue weighted by molar-refractivity contribution is 5.89. The van der Waals surface area contributed by atoms with Crippen LogP contribution in [0.5, 0.6) is 28.7 Å². The number of fused-ring (bicyclic) bond motifs is 1. The number of carboxylic acids is 1. The van der Waals surface area contributed by atoms with Gasteiger partial charge in [-0.25, -0.2) is 4.79 Å². The number of benzene rings is 2. The third kappa shape index (κ3) is 4.17. The van der Waals surface area contributed by atoms with Crippen LogP contribution < -0.4 is 14.9 Å². The molecule has 1 fully saturated rings. The van der Waals surface area contributed by atoms with Gasteiger partial charge in [0.2, 0.25) is 12.0 Å². The summed E-state index contributed by atoms with van der Waals surface area (Å²) >= 11 is 0. The molecule has 2 unspecified atom stereocenters. The number of phenolic OH excluding ortho intramolecular Hbond substituents is 3. The van der Waals surface area contributed by atoms with Crippen LogP contribution in [0.25, 0.3) is 22.3 Å². The molecule has 0 bridgehead atoms. The van der Waals surface area contributed by atoms with E-state index in [0.29, 0.717) is 0 Å². The molecular weight excluding hydrogens is 472 g/mol. The molecule has 0 saturated carbocycles. The van der Waals surface area contributed by atoms with Crippen LogP contribution in [0.4, 0.5) is 0 Å². The quantitative estimate of drug-likeness (QED) is 0.231. The number of aliphatic hydroxyl groups excluding tert-OH is 3. The van der Waals surface area contributed by atoms with Crippen molar-refractivity contribution in [1.82, 2.24) is 0 Å². The van der Waals surface area contributed by atoms with Crippen LogP contribution >= 0.6 is 0 Å². The molecule has 0 spiro atoms. The summed E-state index contributed by atoms with van der Waals surface area (Å²) in [4.78, 5) is 24.1. The van der Waals surface area contributed by atoms with Crippen molar-refractivity contribution in [2.75, 3.05) is 7.11 Å². The lowest BCUT2D eigenvalue weighted by atomic mass is 9.99. The van der Waals surface area contributed by atoms with Crippen LogP contribution in [0, 0.1) is 0 Å². The maximum absolute atomic E-state index is 12.7. The fraction of sp³-hybridized carbons (Fsp3) is 0.273. The van der Waals surface area contributed by atoms with Gasteiger partial charge >= 0.3 is 5.97 Å². The molecule has 1 aliphatic heterocycles. The molecule has 1 aromatic heterocycles. The van der Waals surface area contributed by atoms with Gasteiger partial charge in [0.15, 0.2) is 34.5 Å². The average molecular weight is 492 g/mol. The van der Waals surface area contributed by atoms with Crippen molar-refractivity contribution in [1.29, 1.82) is 0 Å². The number of hydrogen-bond donors (Lipinski definition) is 7. The molecule has 0 amide bonds. The van der Waals surface area contributed by atoms with E-state index < -0.39 is 59.4 Å². The molecule has 0 aliphatic carbocycles. The highest BCUT2D eigenvalue weighted by Gasteiger charge is 2.48. The number of hydrogen-bond acceptors (Lipinski definition) is 12. The summed E-state index contributed by atoms with van der Waals surface area (Å²) in [5.74, 6) is -3.98. The molecule has 2 aromatic carbocycles. The lowest BCUT2D eigenvalue weighted by Crippen LogP contribution is -2.61. The Balaban J connectivity index is 1.81. The molecule has 13 heteroatoms. The van der Waals surface area contributed by atoms with E-state index in [1.54, 1.807) is 0 Å². The summed E-state index contributed by atoms with van der Waals surface area (Å²) in [6, 6.07) is 5.82. The minimum Gasteiger partial charge on any atom is -0.504 e. The number of rotatable bonds is 5. The molecule has 13 nitrogen and oxygen atoms in total. The van der Waals surface area contributed by atoms with E-state index in [4.69, 9.17) is 18.6 Å². The molecule has 5 atom stereocenters. The fourth-order valence-corrected chi connectivity index (χ4v) is 3.64. The van der Waals surface area contributed by atoms with Gasteiger partial charge < -0.3 is 54.4 Å². The average Bonchev–Trinajstić information content (AvgIpc) is 2.80. The lowest BCUT2D eigenvalue weighted by molar-refractivity contribution is -0.271. The first-order valence-corrected chi connectivity index (χ1v) is 10.0. The molecule has 2 heterocycles. The van der Waals surface area contributed by atoms with Gasteiger partial charge in [-0.2, -0.15) is 0 Å². The van der Waals surface area contributed by atoms with Crippen molar-refractivity contribution < 1.29 is 59.2 Å². The first-order chi connectivity index (χ1) is 16.5. The Morgan fingerprint density at radius 3 is 2.31 bits per heavy atom. The number of ether oxygens (including phenoxy) is 3. The van der Waals surface area contributed by atoms with E-state index in [9.17, 15) is 45.3 Å². The second-order valence-corrected chi connectivity index (χ2v) is 7.66. The monoisotopic (exact) mass is 492 g/mol. The van der Waals surface area contributed by atoms with Gasteiger partial charge in [0.1, 0.15) is 35.0 Å². The summed E-state index contributed by atoms with van der Waals surface area (Å²) in [7, 11) is 1.14. The van der Waals surface area contributed by atoms with Crippen molar-refractivity contribution >= 4 is 16.9 Å². The van der Waals surface area contributed by atoms with E-state index in [-0.39, 0.29) is 33.8 Å². The van der Waals surface area contributed by atoms with Crippen LogP contribution in [0.2, 0.25) is 0 Å². The van der Waals surface area contributed by atoms with Crippen molar-refractivity contribution in [3.63, 3.8) is 0 Å². The standard InChI is InChI=1S/C22H20O13/c1-32-19-13(34-22-18(29)16(27)17(28)20(35-22)21(30)31)6-12-14(15(19)26)10(25)5-11(33-12)7-2-3-8(23)9(24)4-7/h2-6,16-18,20,22-24,26-29H,1H3,(H,30,31)/t16-,17-,18?,20?,22+/m0/s1. The Kier molecular flexibility index (Phi) is 6.17. The summed E-state index contributed by atoms with van der Waals surface area (Å²) in [6.07, 6.45) is -9.56. The molecule has 7 N–H and O–H groups in total. The van der Waals surface area contributed by atoms with Crippen LogP contribution in [-0.4, -0.2) is 79.5 Å². The zero-order valence-corrected chi connectivity index (χ0v) is 17.9. The van der Waals surface area contributed by atoms with E-state index >= 15 is 0 Å². The van der Waals surface area contributed by atoms with E-state index in [1.165, 1.54) is 12.1 Å². The molecule has 4 rings (SSSR count). The van der Waals surface area contributed by atoms with Gasteiger partial charge in [-0.1, -0.05) is 0 Å². The largest absolute Gasteiger partial charge is 0.504 e. The summed E-state index contributed by atoms with van der Waals surface area (Å²) in [6.45, 7) is 0. The molecule has 0 radical (unpaired) electrons. The maximum Gasteiger partial charge on any atom is 0.335 e. The zero-order valence-electron chi connectivity index (χ0n) is 17.9. The molecule has 186 valence electrons. The van der Waals surface area contributed by atoms with Gasteiger partial charge in [0, 0.05) is 17.7 Å². The summed E-state index contributed by atoms with van der Waals surface area (Å²) in [5.41, 5.74) is -0.715. The van der Waals surface area contributed by atoms with Gasteiger partial charge in [-0.3, -0.25) is 4.79 Å². The molecule has 3 aromatic rings. The number of phenols is 3. The van der Waals surface area contributed by atoms with Gasteiger partial charge in [0.25, 0.3) is 0 Å². The Labute approximate surface area is 195 Å². The van der Waals surface area contributed by atoms with Crippen LogP contribution in [-0.2, 0) is 9.53 Å². The van der Waals surface area contributed by atoms with Gasteiger partial charge in [-0.05, 0) is 18.2 Å².